The van der Waals surface area contributed by atoms with Gasteiger partial charge in [-0.1, -0.05) is 6.92 Å². The van der Waals surface area contributed by atoms with Crippen molar-refractivity contribution in [2.45, 2.75) is 26.9 Å². The molecule has 4 nitrogen and oxygen atoms in total. The van der Waals surface area contributed by atoms with Crippen LogP contribution in [0.2, 0.25) is 0 Å². The predicted octanol–water partition coefficient (Wildman–Crippen LogP) is 0.749. The summed E-state index contributed by atoms with van der Waals surface area (Å²) in [6.45, 7) is 5.93. The number of hydrogen-bond acceptors (Lipinski definition) is 3. The van der Waals surface area contributed by atoms with Gasteiger partial charge in [0.25, 0.3) is 0 Å². The zero-order chi connectivity index (χ0) is 9.56. The minimum Gasteiger partial charge on any atom is -0.447 e. The Morgan fingerprint density at radius 2 is 2.08 bits per heavy atom. The second-order valence-corrected chi connectivity index (χ2v) is 3.12. The number of amides is 1. The quantitative estimate of drug-likeness (QED) is 0.662. The molecule has 1 unspecified atom stereocenters. The highest BCUT2D eigenvalue weighted by atomic mass is 16.6. The molecule has 0 fully saturated rings. The summed E-state index contributed by atoms with van der Waals surface area (Å²) >= 11 is 0. The van der Waals surface area contributed by atoms with Gasteiger partial charge in [0, 0.05) is 13.2 Å². The highest BCUT2D eigenvalue weighted by molar-refractivity contribution is 5.67. The molecule has 0 aromatic carbocycles. The molecule has 0 aliphatic carbocycles. The minimum atomic E-state index is -0.426. The standard InChI is InChI=1S/C8H17NO3/c1-6(2)12-8(11)9-4-7(3)5-10/h6-7,10H,4-5H2,1-3H3,(H,9,11). The van der Waals surface area contributed by atoms with Crippen molar-refractivity contribution in [2.24, 2.45) is 5.92 Å². The largest absolute Gasteiger partial charge is 0.447 e. The van der Waals surface area contributed by atoms with Crippen LogP contribution < -0.4 is 5.32 Å². The van der Waals surface area contributed by atoms with E-state index in [1.807, 2.05) is 6.92 Å². The van der Waals surface area contributed by atoms with Crippen LogP contribution in [0.4, 0.5) is 4.79 Å². The first-order chi connectivity index (χ1) is 5.56. The van der Waals surface area contributed by atoms with Gasteiger partial charge in [-0.25, -0.2) is 4.79 Å². The van der Waals surface area contributed by atoms with Crippen molar-refractivity contribution >= 4 is 6.09 Å². The monoisotopic (exact) mass is 175 g/mol. The maximum absolute atomic E-state index is 10.9. The van der Waals surface area contributed by atoms with Gasteiger partial charge in [-0.15, -0.1) is 0 Å². The van der Waals surface area contributed by atoms with Crippen molar-refractivity contribution in [3.63, 3.8) is 0 Å². The van der Waals surface area contributed by atoms with Crippen LogP contribution in [0.15, 0.2) is 0 Å². The lowest BCUT2D eigenvalue weighted by Crippen LogP contribution is -2.31. The van der Waals surface area contributed by atoms with Crippen molar-refractivity contribution in [1.29, 1.82) is 0 Å². The smallest absolute Gasteiger partial charge is 0.407 e. The summed E-state index contributed by atoms with van der Waals surface area (Å²) in [4.78, 5) is 10.9. The van der Waals surface area contributed by atoms with Crippen LogP contribution >= 0.6 is 0 Å². The molecule has 4 heteroatoms. The van der Waals surface area contributed by atoms with Gasteiger partial charge in [-0.05, 0) is 19.8 Å². The van der Waals surface area contributed by atoms with Crippen LogP contribution in [-0.2, 0) is 4.74 Å². The van der Waals surface area contributed by atoms with E-state index in [4.69, 9.17) is 9.84 Å². The van der Waals surface area contributed by atoms with Crippen LogP contribution in [0.25, 0.3) is 0 Å². The molecule has 0 aromatic rings. The lowest BCUT2D eigenvalue weighted by molar-refractivity contribution is 0.113. The zero-order valence-corrected chi connectivity index (χ0v) is 7.83. The van der Waals surface area contributed by atoms with E-state index in [1.54, 1.807) is 13.8 Å². The molecule has 1 amide bonds. The molecule has 0 aliphatic rings. The van der Waals surface area contributed by atoms with Gasteiger partial charge in [-0.3, -0.25) is 0 Å². The molecular formula is C8H17NO3. The molecule has 0 aromatic heterocycles. The molecule has 0 saturated carbocycles. The van der Waals surface area contributed by atoms with Gasteiger partial charge in [0.2, 0.25) is 0 Å². The maximum Gasteiger partial charge on any atom is 0.407 e. The lowest BCUT2D eigenvalue weighted by atomic mass is 10.2. The number of aliphatic hydroxyl groups excluding tert-OH is 1. The van der Waals surface area contributed by atoms with Gasteiger partial charge >= 0.3 is 6.09 Å². The van der Waals surface area contributed by atoms with E-state index in [0.29, 0.717) is 6.54 Å². The fourth-order valence-corrected chi connectivity index (χ4v) is 0.578. The molecule has 2 N–H and O–H groups in total. The number of carbonyl (C=O) groups is 1. The second kappa shape index (κ2) is 5.83. The van der Waals surface area contributed by atoms with Crippen molar-refractivity contribution in [3.8, 4) is 0 Å². The Balaban J connectivity index is 3.44. The lowest BCUT2D eigenvalue weighted by Gasteiger charge is -2.11. The van der Waals surface area contributed by atoms with Crippen molar-refractivity contribution < 1.29 is 14.6 Å². The van der Waals surface area contributed by atoms with E-state index in [1.165, 1.54) is 0 Å². The Kier molecular flexibility index (Phi) is 5.45. The number of ether oxygens (including phenoxy) is 1. The Morgan fingerprint density at radius 3 is 2.50 bits per heavy atom. The molecule has 0 saturated heterocycles. The summed E-state index contributed by atoms with van der Waals surface area (Å²) in [5.41, 5.74) is 0. The fraction of sp³-hybridized carbons (Fsp3) is 0.875. The Labute approximate surface area is 72.9 Å². The van der Waals surface area contributed by atoms with E-state index in [0.717, 1.165) is 0 Å². The Morgan fingerprint density at radius 1 is 1.50 bits per heavy atom. The highest BCUT2D eigenvalue weighted by Crippen LogP contribution is 1.91. The molecular weight excluding hydrogens is 158 g/mol. The van der Waals surface area contributed by atoms with E-state index in [2.05, 4.69) is 5.32 Å². The first-order valence-electron chi connectivity index (χ1n) is 4.11. The Hall–Kier alpha value is -0.770. The summed E-state index contributed by atoms with van der Waals surface area (Å²) in [7, 11) is 0. The number of carbonyl (C=O) groups excluding carboxylic acids is 1. The third-order valence-corrected chi connectivity index (χ3v) is 1.25. The average Bonchev–Trinajstić information content (AvgIpc) is 1.99. The average molecular weight is 175 g/mol. The number of nitrogens with one attached hydrogen (secondary N) is 1. The van der Waals surface area contributed by atoms with Gasteiger partial charge in [-0.2, -0.15) is 0 Å². The summed E-state index contributed by atoms with van der Waals surface area (Å²) < 4.78 is 4.81. The van der Waals surface area contributed by atoms with Crippen molar-refractivity contribution in [3.05, 3.63) is 0 Å². The van der Waals surface area contributed by atoms with Crippen LogP contribution in [-0.4, -0.2) is 30.5 Å². The maximum atomic E-state index is 10.9. The topological polar surface area (TPSA) is 58.6 Å². The first kappa shape index (κ1) is 11.2. The second-order valence-electron chi connectivity index (χ2n) is 3.12. The summed E-state index contributed by atoms with van der Waals surface area (Å²) in [5, 5.41) is 11.2. The molecule has 0 heterocycles. The molecule has 0 radical (unpaired) electrons. The highest BCUT2D eigenvalue weighted by Gasteiger charge is 2.06. The first-order valence-corrected chi connectivity index (χ1v) is 4.11. The number of alkyl carbamates (subject to hydrolysis) is 1. The van der Waals surface area contributed by atoms with Crippen LogP contribution in [0.5, 0.6) is 0 Å². The van der Waals surface area contributed by atoms with Gasteiger partial charge < -0.3 is 15.2 Å². The normalized spacial score (nSPS) is 12.8. The fourth-order valence-electron chi connectivity index (χ4n) is 0.578. The van der Waals surface area contributed by atoms with E-state index in [-0.39, 0.29) is 18.6 Å². The third kappa shape index (κ3) is 5.97. The molecule has 72 valence electrons. The summed E-state index contributed by atoms with van der Waals surface area (Å²) in [6, 6.07) is 0. The van der Waals surface area contributed by atoms with E-state index < -0.39 is 6.09 Å². The molecule has 0 bridgehead atoms. The van der Waals surface area contributed by atoms with E-state index in [9.17, 15) is 4.79 Å². The number of aliphatic hydroxyl groups is 1. The van der Waals surface area contributed by atoms with Gasteiger partial charge in [0.05, 0.1) is 6.10 Å². The number of rotatable bonds is 4. The van der Waals surface area contributed by atoms with Crippen molar-refractivity contribution in [1.82, 2.24) is 5.32 Å². The molecule has 0 spiro atoms. The molecule has 12 heavy (non-hydrogen) atoms. The predicted molar refractivity (Wildman–Crippen MR) is 45.9 cm³/mol. The van der Waals surface area contributed by atoms with Crippen LogP contribution in [0, 0.1) is 5.92 Å². The molecule has 1 atom stereocenters. The van der Waals surface area contributed by atoms with Crippen LogP contribution in [0.3, 0.4) is 0 Å². The Bertz CT molecular complexity index is 136. The molecule has 0 aliphatic heterocycles. The zero-order valence-electron chi connectivity index (χ0n) is 7.83. The molecule has 0 rings (SSSR count). The summed E-state index contributed by atoms with van der Waals surface area (Å²) in [6.07, 6.45) is -0.528. The van der Waals surface area contributed by atoms with Crippen LogP contribution in [0.1, 0.15) is 20.8 Å². The van der Waals surface area contributed by atoms with E-state index >= 15 is 0 Å². The minimum absolute atomic E-state index is 0.0714. The van der Waals surface area contributed by atoms with Gasteiger partial charge in [0.1, 0.15) is 0 Å². The SMILES string of the molecule is CC(CO)CNC(=O)OC(C)C. The number of hydrogen-bond donors (Lipinski definition) is 2. The van der Waals surface area contributed by atoms with Gasteiger partial charge in [0.15, 0.2) is 0 Å². The van der Waals surface area contributed by atoms with Crippen molar-refractivity contribution in [2.75, 3.05) is 13.2 Å². The third-order valence-electron chi connectivity index (χ3n) is 1.25. The summed E-state index contributed by atoms with van der Waals surface area (Å²) in [5.74, 6) is 0.0738.